The van der Waals surface area contributed by atoms with Gasteiger partial charge in [0.25, 0.3) is 5.91 Å². The number of aldehydes is 1. The molecule has 1 unspecified atom stereocenters. The van der Waals surface area contributed by atoms with E-state index < -0.39 is 6.10 Å². The van der Waals surface area contributed by atoms with Crippen molar-refractivity contribution in [3.8, 4) is 5.75 Å². The molecule has 0 fully saturated rings. The Labute approximate surface area is 127 Å². The van der Waals surface area contributed by atoms with Gasteiger partial charge in [-0.3, -0.25) is 9.59 Å². The van der Waals surface area contributed by atoms with E-state index in [2.05, 4.69) is 0 Å². The van der Waals surface area contributed by atoms with Crippen LogP contribution in [0.2, 0.25) is 0 Å². The van der Waals surface area contributed by atoms with Crippen LogP contribution in [0.25, 0.3) is 0 Å². The molecule has 4 nitrogen and oxygen atoms in total. The van der Waals surface area contributed by atoms with Crippen LogP contribution >= 0.6 is 0 Å². The molecule has 0 saturated carbocycles. The molecule has 112 valence electrons. The van der Waals surface area contributed by atoms with Crippen LogP contribution in [0.3, 0.4) is 0 Å². The first-order chi connectivity index (χ1) is 10.6. The minimum Gasteiger partial charge on any atom is -0.479 e. The number of amides is 1. The Morgan fingerprint density at radius 2 is 2.05 bits per heavy atom. The van der Waals surface area contributed by atoms with Crippen molar-refractivity contribution in [3.63, 3.8) is 0 Å². The van der Waals surface area contributed by atoms with Crippen LogP contribution in [0.5, 0.6) is 5.75 Å². The maximum Gasteiger partial charge on any atom is 0.268 e. The van der Waals surface area contributed by atoms with E-state index in [1.165, 1.54) is 11.0 Å². The summed E-state index contributed by atoms with van der Waals surface area (Å²) in [4.78, 5) is 24.8. The summed E-state index contributed by atoms with van der Waals surface area (Å²) < 4.78 is 19.4. The van der Waals surface area contributed by atoms with Gasteiger partial charge in [0, 0.05) is 11.1 Å². The maximum absolute atomic E-state index is 13.9. The Hall–Kier alpha value is -2.69. The van der Waals surface area contributed by atoms with Gasteiger partial charge < -0.3 is 9.64 Å². The second kappa shape index (κ2) is 5.60. The van der Waals surface area contributed by atoms with Crippen molar-refractivity contribution >= 4 is 17.9 Å². The van der Waals surface area contributed by atoms with Gasteiger partial charge in [-0.15, -0.1) is 0 Å². The molecule has 1 aliphatic heterocycles. The zero-order valence-electron chi connectivity index (χ0n) is 12.0. The smallest absolute Gasteiger partial charge is 0.268 e. The molecule has 1 heterocycles. The highest BCUT2D eigenvalue weighted by Gasteiger charge is 2.32. The van der Waals surface area contributed by atoms with E-state index in [1.807, 2.05) is 0 Å². The van der Waals surface area contributed by atoms with E-state index in [9.17, 15) is 14.0 Å². The molecule has 0 bridgehead atoms. The van der Waals surface area contributed by atoms with E-state index in [0.717, 1.165) is 0 Å². The largest absolute Gasteiger partial charge is 0.479 e. The standard InChI is InChI=1S/C17H14FNO3/c1-11-17(21)19(9-13-4-2-3-5-14(13)18)15-8-12(10-20)6-7-16(15)22-11/h2-8,10-11H,9H2,1H3. The molecule has 0 radical (unpaired) electrons. The lowest BCUT2D eigenvalue weighted by molar-refractivity contribution is -0.125. The number of anilines is 1. The summed E-state index contributed by atoms with van der Waals surface area (Å²) in [7, 11) is 0. The number of hydrogen-bond donors (Lipinski definition) is 0. The van der Waals surface area contributed by atoms with Crippen LogP contribution in [-0.2, 0) is 11.3 Å². The lowest BCUT2D eigenvalue weighted by Gasteiger charge is -2.33. The van der Waals surface area contributed by atoms with Crippen molar-refractivity contribution in [2.24, 2.45) is 0 Å². The third kappa shape index (κ3) is 2.45. The highest BCUT2D eigenvalue weighted by Crippen LogP contribution is 2.35. The first-order valence-electron chi connectivity index (χ1n) is 6.91. The highest BCUT2D eigenvalue weighted by molar-refractivity contribution is 6.00. The number of rotatable bonds is 3. The molecule has 3 rings (SSSR count). The molecular formula is C17H14FNO3. The van der Waals surface area contributed by atoms with Crippen LogP contribution < -0.4 is 9.64 Å². The summed E-state index contributed by atoms with van der Waals surface area (Å²) in [6.45, 7) is 1.74. The summed E-state index contributed by atoms with van der Waals surface area (Å²) in [5.74, 6) is -0.129. The van der Waals surface area contributed by atoms with Gasteiger partial charge >= 0.3 is 0 Å². The molecule has 5 heteroatoms. The number of benzene rings is 2. The van der Waals surface area contributed by atoms with E-state index in [-0.39, 0.29) is 18.3 Å². The Balaban J connectivity index is 2.04. The number of ether oxygens (including phenoxy) is 1. The summed E-state index contributed by atoms with van der Waals surface area (Å²) in [5, 5.41) is 0. The van der Waals surface area contributed by atoms with Crippen LogP contribution in [0.15, 0.2) is 42.5 Å². The molecular weight excluding hydrogens is 285 g/mol. The van der Waals surface area contributed by atoms with Gasteiger partial charge in [0.05, 0.1) is 12.2 Å². The van der Waals surface area contributed by atoms with Crippen LogP contribution in [0.1, 0.15) is 22.8 Å². The monoisotopic (exact) mass is 299 g/mol. The first kappa shape index (κ1) is 14.3. The van der Waals surface area contributed by atoms with Crippen molar-refractivity contribution in [2.75, 3.05) is 4.90 Å². The lowest BCUT2D eigenvalue weighted by Crippen LogP contribution is -2.44. The SMILES string of the molecule is CC1Oc2ccc(C=O)cc2N(Cc2ccccc2F)C1=O. The molecule has 0 N–H and O–H groups in total. The van der Waals surface area contributed by atoms with Crippen LogP contribution in [-0.4, -0.2) is 18.3 Å². The van der Waals surface area contributed by atoms with Gasteiger partial charge in [-0.05, 0) is 31.2 Å². The average molecular weight is 299 g/mol. The van der Waals surface area contributed by atoms with E-state index >= 15 is 0 Å². The van der Waals surface area contributed by atoms with Gasteiger partial charge in [0.1, 0.15) is 17.9 Å². The minimum atomic E-state index is -0.652. The topological polar surface area (TPSA) is 46.6 Å². The predicted molar refractivity (Wildman–Crippen MR) is 79.5 cm³/mol. The highest BCUT2D eigenvalue weighted by atomic mass is 19.1. The number of fused-ring (bicyclic) bond motifs is 1. The van der Waals surface area contributed by atoms with Gasteiger partial charge in [0.2, 0.25) is 0 Å². The Kier molecular flexibility index (Phi) is 3.63. The molecule has 2 aromatic rings. The third-order valence-electron chi connectivity index (χ3n) is 3.61. The second-order valence-corrected chi connectivity index (χ2v) is 5.12. The zero-order valence-corrected chi connectivity index (χ0v) is 12.0. The third-order valence-corrected chi connectivity index (χ3v) is 3.61. The molecule has 22 heavy (non-hydrogen) atoms. The van der Waals surface area contributed by atoms with Crippen molar-refractivity contribution in [3.05, 3.63) is 59.4 Å². The number of carbonyl (C=O) groups excluding carboxylic acids is 2. The Morgan fingerprint density at radius 1 is 1.27 bits per heavy atom. The van der Waals surface area contributed by atoms with Gasteiger partial charge in [0.15, 0.2) is 6.10 Å². The van der Waals surface area contributed by atoms with Crippen molar-refractivity contribution in [1.82, 2.24) is 0 Å². The minimum absolute atomic E-state index is 0.0918. The molecule has 1 aliphatic rings. The predicted octanol–water partition coefficient (Wildman–Crippen LogP) is 2.95. The molecule has 1 atom stereocenters. The first-order valence-corrected chi connectivity index (χ1v) is 6.91. The number of nitrogens with zero attached hydrogens (tertiary/aromatic N) is 1. The molecule has 0 aromatic heterocycles. The summed E-state index contributed by atoms with van der Waals surface area (Å²) >= 11 is 0. The molecule has 0 saturated heterocycles. The maximum atomic E-state index is 13.9. The summed E-state index contributed by atoms with van der Waals surface area (Å²) in [6.07, 6.45) is 0.0470. The quantitative estimate of drug-likeness (QED) is 0.819. The molecule has 1 amide bonds. The van der Waals surface area contributed by atoms with Gasteiger partial charge in [-0.2, -0.15) is 0 Å². The molecule has 0 spiro atoms. The van der Waals surface area contributed by atoms with Crippen molar-refractivity contribution < 1.29 is 18.7 Å². The Bertz CT molecular complexity index is 744. The van der Waals surface area contributed by atoms with Crippen molar-refractivity contribution in [2.45, 2.75) is 19.6 Å². The normalized spacial score (nSPS) is 16.9. The zero-order chi connectivity index (χ0) is 15.7. The number of hydrogen-bond acceptors (Lipinski definition) is 3. The van der Waals surface area contributed by atoms with Crippen LogP contribution in [0, 0.1) is 5.82 Å². The van der Waals surface area contributed by atoms with Gasteiger partial charge in [-0.1, -0.05) is 18.2 Å². The summed E-state index contributed by atoms with van der Waals surface area (Å²) in [6, 6.07) is 11.1. The van der Waals surface area contributed by atoms with Crippen molar-refractivity contribution in [1.29, 1.82) is 0 Å². The molecule has 2 aromatic carbocycles. The average Bonchev–Trinajstić information content (AvgIpc) is 2.53. The second-order valence-electron chi connectivity index (χ2n) is 5.12. The Morgan fingerprint density at radius 3 is 2.77 bits per heavy atom. The van der Waals surface area contributed by atoms with E-state index in [1.54, 1.807) is 43.3 Å². The van der Waals surface area contributed by atoms with E-state index in [0.29, 0.717) is 28.8 Å². The summed E-state index contributed by atoms with van der Waals surface area (Å²) in [5.41, 5.74) is 1.33. The van der Waals surface area contributed by atoms with Gasteiger partial charge in [-0.25, -0.2) is 4.39 Å². The lowest BCUT2D eigenvalue weighted by atomic mass is 10.1. The van der Waals surface area contributed by atoms with Crippen LogP contribution in [0.4, 0.5) is 10.1 Å². The number of carbonyl (C=O) groups is 2. The fourth-order valence-electron chi connectivity index (χ4n) is 2.46. The fraction of sp³-hybridized carbons (Fsp3) is 0.176. The van der Waals surface area contributed by atoms with E-state index in [4.69, 9.17) is 4.74 Å². The fourth-order valence-corrected chi connectivity index (χ4v) is 2.46. The molecule has 0 aliphatic carbocycles. The number of halogens is 1.